The minimum atomic E-state index is -0.303. The smallest absolute Gasteiger partial charge is 0.259 e. The number of hydrogen-bond acceptors (Lipinski definition) is 6. The van der Waals surface area contributed by atoms with Crippen molar-refractivity contribution in [2.24, 2.45) is 0 Å². The van der Waals surface area contributed by atoms with E-state index < -0.39 is 0 Å². The first kappa shape index (κ1) is 22.3. The first-order chi connectivity index (χ1) is 16.0. The number of benzene rings is 2. The molecular weight excluding hydrogens is 420 g/mol. The van der Waals surface area contributed by atoms with Crippen LogP contribution in [0.15, 0.2) is 54.7 Å². The van der Waals surface area contributed by atoms with Gasteiger partial charge in [-0.05, 0) is 37.6 Å². The minimum Gasteiger partial charge on any atom is -0.496 e. The van der Waals surface area contributed by atoms with Crippen LogP contribution in [-0.4, -0.2) is 54.0 Å². The number of para-hydroxylation sites is 3. The summed E-state index contributed by atoms with van der Waals surface area (Å²) in [6.45, 7) is 2.91. The monoisotopic (exact) mass is 446 g/mol. The van der Waals surface area contributed by atoms with E-state index in [1.807, 2.05) is 24.3 Å². The van der Waals surface area contributed by atoms with E-state index in [-0.39, 0.29) is 17.7 Å². The first-order valence-electron chi connectivity index (χ1n) is 10.7. The summed E-state index contributed by atoms with van der Waals surface area (Å²) in [5.74, 6) is 1.41. The largest absolute Gasteiger partial charge is 0.496 e. The number of likely N-dealkylation sites (tertiary alicyclic amines) is 1. The lowest BCUT2D eigenvalue weighted by Crippen LogP contribution is -2.29. The molecule has 0 spiro atoms. The van der Waals surface area contributed by atoms with Crippen LogP contribution in [0.3, 0.4) is 0 Å². The van der Waals surface area contributed by atoms with Gasteiger partial charge in [-0.1, -0.05) is 24.3 Å². The van der Waals surface area contributed by atoms with Crippen LogP contribution in [0, 0.1) is 6.92 Å². The SMILES string of the molecule is COc1ccccc1NC(=O)c1cnc([C@H]2CCN(C(=O)c3ccccc3OC)C2)nc1C. The molecule has 8 heteroatoms. The number of anilines is 1. The van der Waals surface area contributed by atoms with Crippen molar-refractivity contribution in [2.45, 2.75) is 19.3 Å². The molecule has 2 aromatic carbocycles. The number of carbonyl (C=O) groups excluding carboxylic acids is 2. The third kappa shape index (κ3) is 4.64. The summed E-state index contributed by atoms with van der Waals surface area (Å²) in [5, 5.41) is 2.85. The Kier molecular flexibility index (Phi) is 6.53. The Balaban J connectivity index is 1.46. The van der Waals surface area contributed by atoms with Crippen LogP contribution in [0.1, 0.15) is 44.6 Å². The highest BCUT2D eigenvalue weighted by molar-refractivity contribution is 6.05. The quantitative estimate of drug-likeness (QED) is 0.621. The van der Waals surface area contributed by atoms with E-state index >= 15 is 0 Å². The molecule has 1 aliphatic heterocycles. The summed E-state index contributed by atoms with van der Waals surface area (Å²) in [6.07, 6.45) is 2.31. The fourth-order valence-electron chi connectivity index (χ4n) is 3.99. The number of methoxy groups -OCH3 is 2. The fourth-order valence-corrected chi connectivity index (χ4v) is 3.99. The van der Waals surface area contributed by atoms with Gasteiger partial charge in [0, 0.05) is 25.2 Å². The average Bonchev–Trinajstić information content (AvgIpc) is 3.34. The fraction of sp³-hybridized carbons (Fsp3) is 0.280. The van der Waals surface area contributed by atoms with Crippen LogP contribution in [0.25, 0.3) is 0 Å². The molecule has 0 saturated carbocycles. The average molecular weight is 447 g/mol. The third-order valence-corrected chi connectivity index (χ3v) is 5.78. The Bertz CT molecular complexity index is 1180. The topological polar surface area (TPSA) is 93.7 Å². The Labute approximate surface area is 192 Å². The van der Waals surface area contributed by atoms with Crippen molar-refractivity contribution in [1.82, 2.24) is 14.9 Å². The minimum absolute atomic E-state index is 0.00804. The van der Waals surface area contributed by atoms with Gasteiger partial charge in [0.05, 0.1) is 36.7 Å². The molecule has 1 N–H and O–H groups in total. The molecule has 2 amide bonds. The van der Waals surface area contributed by atoms with Crippen molar-refractivity contribution in [1.29, 1.82) is 0 Å². The van der Waals surface area contributed by atoms with E-state index in [0.717, 1.165) is 6.42 Å². The summed E-state index contributed by atoms with van der Waals surface area (Å²) in [5.41, 5.74) is 2.10. The molecule has 2 heterocycles. The van der Waals surface area contributed by atoms with Gasteiger partial charge < -0.3 is 19.7 Å². The number of aromatic nitrogens is 2. The lowest BCUT2D eigenvalue weighted by molar-refractivity contribution is 0.0787. The number of hydrogen-bond donors (Lipinski definition) is 1. The molecule has 1 aromatic heterocycles. The van der Waals surface area contributed by atoms with Crippen LogP contribution in [0.4, 0.5) is 5.69 Å². The van der Waals surface area contributed by atoms with Crippen molar-refractivity contribution in [3.63, 3.8) is 0 Å². The number of rotatable bonds is 6. The molecule has 33 heavy (non-hydrogen) atoms. The van der Waals surface area contributed by atoms with Crippen molar-refractivity contribution in [3.05, 3.63) is 77.4 Å². The van der Waals surface area contributed by atoms with Gasteiger partial charge in [0.2, 0.25) is 0 Å². The van der Waals surface area contributed by atoms with E-state index in [0.29, 0.717) is 52.9 Å². The van der Waals surface area contributed by atoms with E-state index in [1.54, 1.807) is 56.5 Å². The second-order valence-corrected chi connectivity index (χ2v) is 7.82. The van der Waals surface area contributed by atoms with Crippen LogP contribution in [-0.2, 0) is 0 Å². The lowest BCUT2D eigenvalue weighted by Gasteiger charge is -2.18. The van der Waals surface area contributed by atoms with Crippen molar-refractivity contribution < 1.29 is 19.1 Å². The number of carbonyl (C=O) groups is 2. The normalized spacial score (nSPS) is 15.2. The molecule has 1 fully saturated rings. The number of aryl methyl sites for hydroxylation is 1. The van der Waals surface area contributed by atoms with Crippen LogP contribution in [0.5, 0.6) is 11.5 Å². The second-order valence-electron chi connectivity index (χ2n) is 7.82. The predicted molar refractivity (Wildman–Crippen MR) is 124 cm³/mol. The van der Waals surface area contributed by atoms with E-state index in [2.05, 4.69) is 15.3 Å². The Morgan fingerprint density at radius 3 is 2.42 bits per heavy atom. The van der Waals surface area contributed by atoms with Gasteiger partial charge in [0.25, 0.3) is 11.8 Å². The second kappa shape index (κ2) is 9.68. The number of amides is 2. The van der Waals surface area contributed by atoms with Crippen molar-refractivity contribution in [3.8, 4) is 11.5 Å². The first-order valence-corrected chi connectivity index (χ1v) is 10.7. The Morgan fingerprint density at radius 2 is 1.70 bits per heavy atom. The van der Waals surface area contributed by atoms with Gasteiger partial charge in [0.15, 0.2) is 0 Å². The lowest BCUT2D eigenvalue weighted by atomic mass is 10.1. The van der Waals surface area contributed by atoms with Crippen molar-refractivity contribution >= 4 is 17.5 Å². The summed E-state index contributed by atoms with van der Waals surface area (Å²) >= 11 is 0. The molecule has 8 nitrogen and oxygen atoms in total. The van der Waals surface area contributed by atoms with Crippen LogP contribution >= 0.6 is 0 Å². The van der Waals surface area contributed by atoms with Crippen LogP contribution in [0.2, 0.25) is 0 Å². The molecule has 0 bridgehead atoms. The molecule has 3 aromatic rings. The summed E-state index contributed by atoms with van der Waals surface area (Å²) < 4.78 is 10.6. The molecule has 4 rings (SSSR count). The predicted octanol–water partition coefficient (Wildman–Crippen LogP) is 3.68. The van der Waals surface area contributed by atoms with E-state index in [1.165, 1.54) is 0 Å². The molecule has 170 valence electrons. The van der Waals surface area contributed by atoms with Crippen molar-refractivity contribution in [2.75, 3.05) is 32.6 Å². The third-order valence-electron chi connectivity index (χ3n) is 5.78. The zero-order chi connectivity index (χ0) is 23.4. The van der Waals surface area contributed by atoms with Gasteiger partial charge in [-0.15, -0.1) is 0 Å². The molecule has 0 aliphatic carbocycles. The van der Waals surface area contributed by atoms with Gasteiger partial charge in [-0.3, -0.25) is 9.59 Å². The zero-order valence-electron chi connectivity index (χ0n) is 18.9. The van der Waals surface area contributed by atoms with E-state index in [9.17, 15) is 9.59 Å². The highest BCUT2D eigenvalue weighted by Gasteiger charge is 2.31. The Morgan fingerprint density at radius 1 is 1.00 bits per heavy atom. The molecule has 0 radical (unpaired) electrons. The maximum absolute atomic E-state index is 13.0. The summed E-state index contributed by atoms with van der Waals surface area (Å²) in [7, 11) is 3.11. The molecule has 1 saturated heterocycles. The Hall–Kier alpha value is -3.94. The van der Waals surface area contributed by atoms with Gasteiger partial charge in [0.1, 0.15) is 17.3 Å². The standard InChI is InChI=1S/C25H26N4O4/c1-16-19(24(30)28-20-9-5-7-11-22(20)33-3)14-26-23(27-16)17-12-13-29(15-17)25(31)18-8-4-6-10-21(18)32-2/h4-11,14,17H,12-13,15H2,1-3H3,(H,28,30)/t17-/m0/s1. The highest BCUT2D eigenvalue weighted by Crippen LogP contribution is 2.29. The number of ether oxygens (including phenoxy) is 2. The van der Waals surface area contributed by atoms with Gasteiger partial charge in [-0.2, -0.15) is 0 Å². The zero-order valence-corrected chi connectivity index (χ0v) is 18.9. The van der Waals surface area contributed by atoms with Crippen LogP contribution < -0.4 is 14.8 Å². The summed E-state index contributed by atoms with van der Waals surface area (Å²) in [4.78, 5) is 36.6. The number of nitrogens with zero attached hydrogens (tertiary/aromatic N) is 3. The maximum atomic E-state index is 13.0. The van der Waals surface area contributed by atoms with E-state index in [4.69, 9.17) is 9.47 Å². The molecule has 1 atom stereocenters. The number of nitrogens with one attached hydrogen (secondary N) is 1. The van der Waals surface area contributed by atoms with Gasteiger partial charge >= 0.3 is 0 Å². The highest BCUT2D eigenvalue weighted by atomic mass is 16.5. The van der Waals surface area contributed by atoms with Gasteiger partial charge in [-0.25, -0.2) is 9.97 Å². The maximum Gasteiger partial charge on any atom is 0.259 e. The summed E-state index contributed by atoms with van der Waals surface area (Å²) in [6, 6.07) is 14.4. The molecular formula is C25H26N4O4. The molecule has 0 unspecified atom stereocenters. The molecule has 1 aliphatic rings.